The van der Waals surface area contributed by atoms with E-state index in [2.05, 4.69) is 17.2 Å². The first kappa shape index (κ1) is 28.6. The van der Waals surface area contributed by atoms with E-state index in [1.807, 2.05) is 13.0 Å². The van der Waals surface area contributed by atoms with Crippen molar-refractivity contribution in [1.82, 2.24) is 10.3 Å². The first-order valence-electron chi connectivity index (χ1n) is 14.5. The van der Waals surface area contributed by atoms with E-state index in [9.17, 15) is 29.4 Å². The Bertz CT molecular complexity index is 1220. The molecule has 0 saturated heterocycles. The minimum atomic E-state index is -1.70. The molecule has 0 aromatic carbocycles. The average Bonchev–Trinajstić information content (AvgIpc) is 3.20. The van der Waals surface area contributed by atoms with Gasteiger partial charge in [0, 0.05) is 24.5 Å². The Labute approximate surface area is 234 Å². The Hall–Kier alpha value is -2.91. The highest BCUT2D eigenvalue weighted by molar-refractivity contribution is 5.92. The molecule has 3 saturated carbocycles. The van der Waals surface area contributed by atoms with Gasteiger partial charge in [0.1, 0.15) is 5.60 Å². The zero-order valence-electron chi connectivity index (χ0n) is 23.4. The summed E-state index contributed by atoms with van der Waals surface area (Å²) in [5.74, 6) is -1.24. The SMILES string of the molecule is C[C@]12CCC(=O)C=C1CC[C@H]1[C@@H]2[C@@H](O)C[C@]2(C)[C@H]1CC[C@]2(O)C(=O)COC(=O)CCC(=O)NCc1ccccn1. The number of rotatable bonds is 8. The summed E-state index contributed by atoms with van der Waals surface area (Å²) in [6.07, 6.45) is 6.45. The fraction of sp³-hybridized carbons (Fsp3) is 0.645. The zero-order valence-corrected chi connectivity index (χ0v) is 23.4. The van der Waals surface area contributed by atoms with E-state index in [-0.39, 0.29) is 67.1 Å². The van der Waals surface area contributed by atoms with Crippen molar-refractivity contribution in [2.45, 2.75) is 89.9 Å². The second-order valence-corrected chi connectivity index (χ2v) is 12.7. The smallest absolute Gasteiger partial charge is 0.306 e. The third-order valence-electron chi connectivity index (χ3n) is 10.6. The van der Waals surface area contributed by atoms with Crippen molar-refractivity contribution < 1.29 is 34.1 Å². The van der Waals surface area contributed by atoms with Crippen LogP contribution in [0.3, 0.4) is 0 Å². The molecule has 5 rings (SSSR count). The molecule has 4 aliphatic carbocycles. The largest absolute Gasteiger partial charge is 0.458 e. The number of ether oxygens (including phenoxy) is 1. The van der Waals surface area contributed by atoms with Crippen molar-refractivity contribution in [3.63, 3.8) is 0 Å². The second kappa shape index (κ2) is 10.8. The molecular weight excluding hydrogens is 512 g/mol. The number of Topliss-reactive ketones (excluding diaryl/α,β-unsaturated/α-hetero) is 1. The van der Waals surface area contributed by atoms with Gasteiger partial charge in [-0.05, 0) is 79.9 Å². The van der Waals surface area contributed by atoms with Gasteiger partial charge in [-0.1, -0.05) is 25.5 Å². The lowest BCUT2D eigenvalue weighted by atomic mass is 9.45. The molecule has 7 atom stereocenters. The van der Waals surface area contributed by atoms with Gasteiger partial charge in [-0.15, -0.1) is 0 Å². The van der Waals surface area contributed by atoms with Crippen LogP contribution in [0.5, 0.6) is 0 Å². The monoisotopic (exact) mass is 552 g/mol. The van der Waals surface area contributed by atoms with E-state index in [4.69, 9.17) is 4.74 Å². The molecule has 0 unspecified atom stereocenters. The minimum Gasteiger partial charge on any atom is -0.458 e. The van der Waals surface area contributed by atoms with Crippen molar-refractivity contribution in [2.24, 2.45) is 28.6 Å². The lowest BCUT2D eigenvalue weighted by Crippen LogP contribution is -2.62. The predicted octanol–water partition coefficient (Wildman–Crippen LogP) is 2.82. The van der Waals surface area contributed by atoms with Crippen molar-refractivity contribution >= 4 is 23.4 Å². The molecule has 9 nitrogen and oxygen atoms in total. The van der Waals surface area contributed by atoms with Crippen LogP contribution >= 0.6 is 0 Å². The molecule has 0 radical (unpaired) electrons. The minimum absolute atomic E-state index is 0.0160. The van der Waals surface area contributed by atoms with Crippen LogP contribution in [0, 0.1) is 28.6 Å². The normalized spacial score (nSPS) is 36.5. The molecule has 1 aromatic heterocycles. The predicted molar refractivity (Wildman–Crippen MR) is 144 cm³/mol. The van der Waals surface area contributed by atoms with Crippen LogP contribution in [0.2, 0.25) is 0 Å². The van der Waals surface area contributed by atoms with E-state index in [0.29, 0.717) is 18.5 Å². The van der Waals surface area contributed by atoms with E-state index in [0.717, 1.165) is 24.8 Å². The number of ketones is 2. The average molecular weight is 553 g/mol. The third-order valence-corrected chi connectivity index (χ3v) is 10.6. The van der Waals surface area contributed by atoms with Crippen LogP contribution in [-0.4, -0.2) is 57.0 Å². The van der Waals surface area contributed by atoms with Crippen molar-refractivity contribution in [3.8, 4) is 0 Å². The molecule has 1 aromatic rings. The molecule has 1 amide bonds. The number of allylic oxidation sites excluding steroid dienone is 1. The Balaban J connectivity index is 1.18. The summed E-state index contributed by atoms with van der Waals surface area (Å²) in [5.41, 5.74) is -0.961. The number of carbonyl (C=O) groups is 4. The number of aliphatic hydroxyl groups is 2. The van der Waals surface area contributed by atoms with Gasteiger partial charge in [0.05, 0.1) is 24.8 Å². The number of aromatic nitrogens is 1. The van der Waals surface area contributed by atoms with Crippen molar-refractivity contribution in [3.05, 3.63) is 41.7 Å². The number of carbonyl (C=O) groups excluding carboxylic acids is 4. The second-order valence-electron chi connectivity index (χ2n) is 12.7. The highest BCUT2D eigenvalue weighted by Gasteiger charge is 2.68. The van der Waals surface area contributed by atoms with E-state index < -0.39 is 35.5 Å². The van der Waals surface area contributed by atoms with Gasteiger partial charge < -0.3 is 20.3 Å². The summed E-state index contributed by atoms with van der Waals surface area (Å²) in [6, 6.07) is 5.38. The Kier molecular flexibility index (Phi) is 7.74. The Morgan fingerprint density at radius 2 is 1.93 bits per heavy atom. The number of amides is 1. The summed E-state index contributed by atoms with van der Waals surface area (Å²) < 4.78 is 5.21. The van der Waals surface area contributed by atoms with Gasteiger partial charge in [-0.2, -0.15) is 0 Å². The number of aliphatic hydroxyl groups excluding tert-OH is 1. The lowest BCUT2D eigenvalue weighted by molar-refractivity contribution is -0.184. The Morgan fingerprint density at radius 3 is 2.67 bits per heavy atom. The standard InChI is InChI=1S/C31H40N2O7/c1-29-12-10-21(34)15-19(29)6-7-22-23-11-13-31(39,30(23,2)16-24(35)28(22)29)25(36)18-40-27(38)9-8-26(37)33-17-20-5-3-4-14-32-20/h3-5,14-15,22-24,28,35,39H,6-13,16-18H2,1-2H3,(H,33,37)/t22-,23+,24+,28-,29+,30-,31+/m1/s1. The van der Waals surface area contributed by atoms with Gasteiger partial charge in [0.2, 0.25) is 11.7 Å². The summed E-state index contributed by atoms with van der Waals surface area (Å²) in [7, 11) is 0. The number of hydrogen-bond acceptors (Lipinski definition) is 8. The summed E-state index contributed by atoms with van der Waals surface area (Å²) >= 11 is 0. The van der Waals surface area contributed by atoms with Crippen LogP contribution in [0.4, 0.5) is 0 Å². The first-order valence-corrected chi connectivity index (χ1v) is 14.5. The highest BCUT2D eigenvalue weighted by atomic mass is 16.5. The zero-order chi connectivity index (χ0) is 28.7. The number of pyridine rings is 1. The third kappa shape index (κ3) is 4.91. The highest BCUT2D eigenvalue weighted by Crippen LogP contribution is 2.67. The van der Waals surface area contributed by atoms with Gasteiger partial charge in [-0.3, -0.25) is 24.2 Å². The van der Waals surface area contributed by atoms with Crippen molar-refractivity contribution in [2.75, 3.05) is 6.61 Å². The molecule has 9 heteroatoms. The molecule has 0 bridgehead atoms. The van der Waals surface area contributed by atoms with E-state index >= 15 is 0 Å². The number of hydrogen-bond donors (Lipinski definition) is 3. The number of nitrogens with one attached hydrogen (secondary N) is 1. The molecule has 40 heavy (non-hydrogen) atoms. The number of fused-ring (bicyclic) bond motifs is 5. The molecule has 1 heterocycles. The molecule has 216 valence electrons. The fourth-order valence-electron chi connectivity index (χ4n) is 8.48. The molecular formula is C31H40N2O7. The maximum Gasteiger partial charge on any atom is 0.306 e. The van der Waals surface area contributed by atoms with Crippen molar-refractivity contribution in [1.29, 1.82) is 0 Å². The van der Waals surface area contributed by atoms with Crippen LogP contribution in [-0.2, 0) is 30.5 Å². The quantitative estimate of drug-likeness (QED) is 0.418. The van der Waals surface area contributed by atoms with Crippen LogP contribution in [0.15, 0.2) is 36.0 Å². The fourth-order valence-corrected chi connectivity index (χ4v) is 8.48. The maximum atomic E-state index is 13.4. The van der Waals surface area contributed by atoms with Gasteiger partial charge >= 0.3 is 5.97 Å². The molecule has 0 spiro atoms. The van der Waals surface area contributed by atoms with Crippen LogP contribution < -0.4 is 5.32 Å². The van der Waals surface area contributed by atoms with E-state index in [1.165, 1.54) is 0 Å². The molecule has 0 aliphatic heterocycles. The molecule has 4 aliphatic rings. The molecule has 3 N–H and O–H groups in total. The van der Waals surface area contributed by atoms with Gasteiger partial charge in [-0.25, -0.2) is 0 Å². The number of esters is 1. The van der Waals surface area contributed by atoms with Crippen LogP contribution in [0.25, 0.3) is 0 Å². The topological polar surface area (TPSA) is 143 Å². The summed E-state index contributed by atoms with van der Waals surface area (Å²) in [5, 5.41) is 26.0. The first-order chi connectivity index (χ1) is 19.0. The van der Waals surface area contributed by atoms with E-state index in [1.54, 1.807) is 24.4 Å². The maximum absolute atomic E-state index is 13.4. The van der Waals surface area contributed by atoms with Gasteiger partial charge in [0.25, 0.3) is 0 Å². The Morgan fingerprint density at radius 1 is 1.12 bits per heavy atom. The molecule has 3 fully saturated rings. The number of nitrogens with zero attached hydrogens (tertiary/aromatic N) is 1. The van der Waals surface area contributed by atoms with Gasteiger partial charge in [0.15, 0.2) is 12.4 Å². The van der Waals surface area contributed by atoms with Crippen LogP contribution in [0.1, 0.15) is 77.3 Å². The lowest BCUT2D eigenvalue weighted by Gasteiger charge is -2.60. The summed E-state index contributed by atoms with van der Waals surface area (Å²) in [6.45, 7) is 3.75. The summed E-state index contributed by atoms with van der Waals surface area (Å²) in [4.78, 5) is 54.0.